The second-order valence-corrected chi connectivity index (χ2v) is 15.6. The van der Waals surface area contributed by atoms with Crippen molar-refractivity contribution >= 4 is 51.9 Å². The van der Waals surface area contributed by atoms with Crippen LogP contribution >= 0.6 is 23.1 Å². The summed E-state index contributed by atoms with van der Waals surface area (Å²) >= 11 is 3.48. The third kappa shape index (κ3) is 3.97. The summed E-state index contributed by atoms with van der Waals surface area (Å²) in [6, 6.07) is 6.52. The molecule has 0 aliphatic heterocycles. The van der Waals surface area contributed by atoms with E-state index in [4.69, 9.17) is 4.74 Å². The Morgan fingerprint density at radius 3 is 2.35 bits per heavy atom. The molecule has 0 aliphatic carbocycles. The van der Waals surface area contributed by atoms with Crippen LogP contribution < -0.4 is 9.24 Å². The molecule has 0 aliphatic rings. The van der Waals surface area contributed by atoms with E-state index >= 15 is 0 Å². The third-order valence-corrected chi connectivity index (χ3v) is 14.2. The monoisotopic (exact) mass is 409 g/mol. The number of nitrogens with zero attached hydrogens (tertiary/aromatic N) is 1. The fraction of sp³-hybridized carbons (Fsp3) is 0.550. The molecule has 144 valence electrons. The normalized spacial score (nSPS) is 12.5. The van der Waals surface area contributed by atoms with Crippen LogP contribution in [-0.4, -0.2) is 38.4 Å². The number of benzene rings is 1. The van der Waals surface area contributed by atoms with Gasteiger partial charge in [-0.05, 0) is 47.8 Å². The zero-order valence-corrected chi connectivity index (χ0v) is 19.9. The number of rotatable bonds is 5. The molecule has 2 aromatic rings. The van der Waals surface area contributed by atoms with E-state index in [0.29, 0.717) is 18.8 Å². The highest BCUT2D eigenvalue weighted by Gasteiger charge is 2.38. The molecule has 1 aromatic heterocycles. The lowest BCUT2D eigenvalue weighted by Gasteiger charge is -2.35. The van der Waals surface area contributed by atoms with Crippen molar-refractivity contribution in [3.8, 4) is 5.75 Å². The molecule has 1 amide bonds. The number of fused-ring (bicyclic) bond motifs is 1. The summed E-state index contributed by atoms with van der Waals surface area (Å²) in [5, 5.41) is 1.34. The maximum atomic E-state index is 12.6. The van der Waals surface area contributed by atoms with Gasteiger partial charge in [0.25, 0.3) is 0 Å². The molecule has 0 bridgehead atoms. The lowest BCUT2D eigenvalue weighted by atomic mass is 10.2. The van der Waals surface area contributed by atoms with Crippen molar-refractivity contribution < 1.29 is 9.53 Å². The van der Waals surface area contributed by atoms with Crippen LogP contribution in [-0.2, 0) is 0 Å². The number of carbonyl (C=O) groups is 1. The zero-order chi connectivity index (χ0) is 19.7. The molecule has 0 saturated carbocycles. The first-order valence-corrected chi connectivity index (χ1v) is 14.2. The minimum absolute atomic E-state index is 0.266. The quantitative estimate of drug-likeness (QED) is 0.436. The standard InChI is InChI=1S/C20H31NO2S2Si/c1-9-21(10-2)19(22)23-18-14-13-17(26(7,8)20(3,4)5)25-15(14)11-12-16(18)24-6/h11-13H,9-10H2,1-8H3. The van der Waals surface area contributed by atoms with Gasteiger partial charge in [0.15, 0.2) is 5.75 Å². The first kappa shape index (κ1) is 21.3. The first-order valence-electron chi connectivity index (χ1n) is 9.14. The highest BCUT2D eigenvalue weighted by molar-refractivity contribution is 7.98. The SMILES string of the molecule is CCN(CC)C(=O)Oc1c(SC)ccc2sc([Si](C)(C)C(C)(C)C)cc12. The van der Waals surface area contributed by atoms with E-state index in [1.165, 1.54) is 9.20 Å². The van der Waals surface area contributed by atoms with Crippen molar-refractivity contribution in [2.45, 2.75) is 57.6 Å². The molecular weight excluding hydrogens is 378 g/mol. The van der Waals surface area contributed by atoms with Gasteiger partial charge in [0.2, 0.25) is 0 Å². The molecule has 0 radical (unpaired) electrons. The number of amides is 1. The minimum Gasteiger partial charge on any atom is -0.408 e. The first-order chi connectivity index (χ1) is 12.1. The maximum Gasteiger partial charge on any atom is 0.415 e. The highest BCUT2D eigenvalue weighted by Crippen LogP contribution is 2.42. The highest BCUT2D eigenvalue weighted by atomic mass is 32.2. The number of thioether (sulfide) groups is 1. The van der Waals surface area contributed by atoms with Gasteiger partial charge in [0.1, 0.15) is 0 Å². The molecule has 2 rings (SSSR count). The summed E-state index contributed by atoms with van der Waals surface area (Å²) in [5.41, 5.74) is 0. The van der Waals surface area contributed by atoms with Crippen LogP contribution in [0, 0.1) is 0 Å². The fourth-order valence-electron chi connectivity index (χ4n) is 2.64. The van der Waals surface area contributed by atoms with Crippen molar-refractivity contribution in [2.75, 3.05) is 19.3 Å². The predicted molar refractivity (Wildman–Crippen MR) is 119 cm³/mol. The number of carbonyl (C=O) groups excluding carboxylic acids is 1. The van der Waals surface area contributed by atoms with Crippen LogP contribution in [0.2, 0.25) is 18.1 Å². The molecule has 0 fully saturated rings. The van der Waals surface area contributed by atoms with Crippen LogP contribution in [0.3, 0.4) is 0 Å². The number of thiophene rings is 1. The van der Waals surface area contributed by atoms with Crippen LogP contribution in [0.15, 0.2) is 23.1 Å². The second-order valence-electron chi connectivity index (χ2n) is 8.03. The number of hydrogen-bond donors (Lipinski definition) is 0. The maximum absolute atomic E-state index is 12.6. The Morgan fingerprint density at radius 2 is 1.85 bits per heavy atom. The third-order valence-electron chi connectivity index (χ3n) is 5.54. The summed E-state index contributed by atoms with van der Waals surface area (Å²) in [4.78, 5) is 15.3. The Kier molecular flexibility index (Phi) is 6.51. The Hall–Kier alpha value is -0.983. The van der Waals surface area contributed by atoms with E-state index in [-0.39, 0.29) is 11.1 Å². The fourth-order valence-corrected chi connectivity index (χ4v) is 7.51. The Bertz CT molecular complexity index is 789. The molecular formula is C20H31NO2S2Si. The van der Waals surface area contributed by atoms with E-state index in [2.05, 4.69) is 52.1 Å². The summed E-state index contributed by atoms with van der Waals surface area (Å²) in [7, 11) is -1.63. The lowest BCUT2D eigenvalue weighted by Crippen LogP contribution is -2.47. The average Bonchev–Trinajstić information content (AvgIpc) is 3.00. The van der Waals surface area contributed by atoms with Crippen LogP contribution in [0.1, 0.15) is 34.6 Å². The van der Waals surface area contributed by atoms with Crippen molar-refractivity contribution in [2.24, 2.45) is 0 Å². The summed E-state index contributed by atoms with van der Waals surface area (Å²) < 4.78 is 8.55. The van der Waals surface area contributed by atoms with Crippen LogP contribution in [0.4, 0.5) is 4.79 Å². The van der Waals surface area contributed by atoms with Gasteiger partial charge in [-0.25, -0.2) is 4.79 Å². The minimum atomic E-state index is -1.63. The topological polar surface area (TPSA) is 29.5 Å². The zero-order valence-electron chi connectivity index (χ0n) is 17.2. The van der Waals surface area contributed by atoms with Crippen molar-refractivity contribution in [3.05, 3.63) is 18.2 Å². The van der Waals surface area contributed by atoms with E-state index in [9.17, 15) is 4.79 Å². The van der Waals surface area contributed by atoms with E-state index in [0.717, 1.165) is 10.3 Å². The van der Waals surface area contributed by atoms with Crippen molar-refractivity contribution in [1.82, 2.24) is 4.90 Å². The average molecular weight is 410 g/mol. The molecule has 1 aromatic carbocycles. The van der Waals surface area contributed by atoms with E-state index < -0.39 is 8.07 Å². The molecule has 3 nitrogen and oxygen atoms in total. The number of ether oxygens (including phenoxy) is 1. The van der Waals surface area contributed by atoms with Gasteiger partial charge in [0.05, 0.1) is 13.0 Å². The van der Waals surface area contributed by atoms with Crippen LogP contribution in [0.5, 0.6) is 5.75 Å². The summed E-state index contributed by atoms with van der Waals surface area (Å²) in [6.07, 6.45) is 1.76. The second kappa shape index (κ2) is 7.95. The molecule has 0 atom stereocenters. The van der Waals surface area contributed by atoms with Gasteiger partial charge < -0.3 is 9.64 Å². The van der Waals surface area contributed by atoms with Crippen LogP contribution in [0.25, 0.3) is 10.1 Å². The molecule has 26 heavy (non-hydrogen) atoms. The molecule has 0 saturated heterocycles. The van der Waals surface area contributed by atoms with Gasteiger partial charge >= 0.3 is 6.09 Å². The molecule has 0 spiro atoms. The van der Waals surface area contributed by atoms with E-state index in [1.54, 1.807) is 16.7 Å². The molecule has 0 N–H and O–H groups in total. The Labute approximate surface area is 167 Å². The van der Waals surface area contributed by atoms with Gasteiger partial charge in [-0.2, -0.15) is 0 Å². The lowest BCUT2D eigenvalue weighted by molar-refractivity contribution is 0.157. The van der Waals surface area contributed by atoms with Crippen molar-refractivity contribution in [1.29, 1.82) is 0 Å². The Morgan fingerprint density at radius 1 is 1.23 bits per heavy atom. The molecule has 0 unspecified atom stereocenters. The largest absolute Gasteiger partial charge is 0.415 e. The number of hydrogen-bond acceptors (Lipinski definition) is 4. The summed E-state index contributed by atoms with van der Waals surface area (Å²) in [5.74, 6) is 0.716. The van der Waals surface area contributed by atoms with Gasteiger partial charge in [-0.15, -0.1) is 23.1 Å². The smallest absolute Gasteiger partial charge is 0.408 e. The van der Waals surface area contributed by atoms with Gasteiger partial charge in [-0.1, -0.05) is 33.9 Å². The van der Waals surface area contributed by atoms with E-state index in [1.807, 2.05) is 31.4 Å². The Balaban J connectivity index is 2.57. The van der Waals surface area contributed by atoms with Crippen molar-refractivity contribution in [3.63, 3.8) is 0 Å². The molecule has 1 heterocycles. The molecule has 6 heteroatoms. The van der Waals surface area contributed by atoms with Gasteiger partial charge in [0, 0.05) is 23.2 Å². The van der Waals surface area contributed by atoms with Gasteiger partial charge in [-0.3, -0.25) is 0 Å². The predicted octanol–water partition coefficient (Wildman–Crippen LogP) is 6.18. The summed E-state index contributed by atoms with van der Waals surface area (Å²) in [6.45, 7) is 17.1.